The maximum Gasteiger partial charge on any atom is 0.270 e. The van der Waals surface area contributed by atoms with E-state index in [1.54, 1.807) is 18.2 Å². The number of aromatic nitrogens is 2. The summed E-state index contributed by atoms with van der Waals surface area (Å²) in [7, 11) is 0. The molecule has 2 aromatic rings. The van der Waals surface area contributed by atoms with Gasteiger partial charge < -0.3 is 10.2 Å². The summed E-state index contributed by atoms with van der Waals surface area (Å²) in [6.45, 7) is 4.49. The minimum Gasteiger partial charge on any atom is -0.356 e. The van der Waals surface area contributed by atoms with Gasteiger partial charge in [0.15, 0.2) is 0 Å². The van der Waals surface area contributed by atoms with Crippen molar-refractivity contribution in [3.05, 3.63) is 53.7 Å². The lowest BCUT2D eigenvalue weighted by molar-refractivity contribution is 0.0945. The van der Waals surface area contributed by atoms with Gasteiger partial charge in [-0.15, -0.1) is 0 Å². The number of nitrogens with one attached hydrogen (secondary N) is 1. The molecule has 6 heteroatoms. The van der Waals surface area contributed by atoms with Crippen LogP contribution < -0.4 is 10.2 Å². The number of nitrogens with zero attached hydrogens (tertiary/aromatic N) is 3. The molecular formula is C18H21FN4O. The summed E-state index contributed by atoms with van der Waals surface area (Å²) in [5, 5.41) is 2.80. The van der Waals surface area contributed by atoms with Gasteiger partial charge in [-0.25, -0.2) is 14.4 Å². The van der Waals surface area contributed by atoms with Crippen molar-refractivity contribution >= 4 is 11.7 Å². The van der Waals surface area contributed by atoms with Gasteiger partial charge in [0.25, 0.3) is 5.91 Å². The number of rotatable bonds is 4. The van der Waals surface area contributed by atoms with Crippen molar-refractivity contribution in [2.24, 2.45) is 5.92 Å². The van der Waals surface area contributed by atoms with E-state index in [-0.39, 0.29) is 11.7 Å². The molecule has 0 unspecified atom stereocenters. The molecule has 126 valence electrons. The van der Waals surface area contributed by atoms with Gasteiger partial charge in [-0.1, -0.05) is 19.1 Å². The molecule has 0 radical (unpaired) electrons. The molecule has 1 aliphatic heterocycles. The summed E-state index contributed by atoms with van der Waals surface area (Å²) in [6.07, 6.45) is 3.70. The third kappa shape index (κ3) is 4.07. The van der Waals surface area contributed by atoms with E-state index in [0.29, 0.717) is 12.2 Å². The van der Waals surface area contributed by atoms with Gasteiger partial charge in [-0.3, -0.25) is 4.79 Å². The molecule has 3 rings (SSSR count). The number of halogens is 1. The predicted octanol–water partition coefficient (Wildman–Crippen LogP) is 2.78. The summed E-state index contributed by atoms with van der Waals surface area (Å²) in [5.74, 6) is 0.986. The number of hydrogen-bond donors (Lipinski definition) is 1. The monoisotopic (exact) mass is 328 g/mol. The van der Waals surface area contributed by atoms with Crippen LogP contribution in [0, 0.1) is 11.7 Å². The van der Waals surface area contributed by atoms with Crippen LogP contribution in [-0.2, 0) is 6.54 Å². The number of piperidine rings is 1. The zero-order valence-electron chi connectivity index (χ0n) is 13.7. The standard InChI is InChI=1S/C18H21FN4O/c1-13-6-8-23(9-7-13)17-10-16(21-12-22-17)18(24)20-11-14-2-4-15(19)5-3-14/h2-5,10,12-13H,6-9,11H2,1H3,(H,20,24). The lowest BCUT2D eigenvalue weighted by Gasteiger charge is -2.31. The molecule has 0 spiro atoms. The highest BCUT2D eigenvalue weighted by atomic mass is 19.1. The first-order chi connectivity index (χ1) is 11.6. The molecule has 1 aromatic heterocycles. The SMILES string of the molecule is CC1CCN(c2cc(C(=O)NCc3ccc(F)cc3)ncn2)CC1. The van der Waals surface area contributed by atoms with Gasteiger partial charge >= 0.3 is 0 Å². The molecular weight excluding hydrogens is 307 g/mol. The van der Waals surface area contributed by atoms with E-state index in [2.05, 4.69) is 27.1 Å². The lowest BCUT2D eigenvalue weighted by atomic mass is 9.99. The van der Waals surface area contributed by atoms with Crippen LogP contribution in [0.5, 0.6) is 0 Å². The number of hydrogen-bond acceptors (Lipinski definition) is 4. The molecule has 0 atom stereocenters. The topological polar surface area (TPSA) is 58.1 Å². The highest BCUT2D eigenvalue weighted by Gasteiger charge is 2.18. The molecule has 0 bridgehead atoms. The Bertz CT molecular complexity index is 696. The fourth-order valence-electron chi connectivity index (χ4n) is 2.76. The van der Waals surface area contributed by atoms with E-state index in [1.165, 1.54) is 18.5 Å². The summed E-state index contributed by atoms with van der Waals surface area (Å²) in [5.41, 5.74) is 1.18. The van der Waals surface area contributed by atoms with Crippen LogP contribution in [0.1, 0.15) is 35.8 Å². The molecule has 0 aliphatic carbocycles. The summed E-state index contributed by atoms with van der Waals surface area (Å²) in [4.78, 5) is 22.8. The van der Waals surface area contributed by atoms with Crippen LogP contribution in [0.3, 0.4) is 0 Å². The van der Waals surface area contributed by atoms with Crippen LogP contribution >= 0.6 is 0 Å². The van der Waals surface area contributed by atoms with Gasteiger partial charge in [-0.2, -0.15) is 0 Å². The molecule has 1 saturated heterocycles. The largest absolute Gasteiger partial charge is 0.356 e. The number of anilines is 1. The first-order valence-electron chi connectivity index (χ1n) is 8.21. The van der Waals surface area contributed by atoms with Crippen LogP contribution in [0.25, 0.3) is 0 Å². The van der Waals surface area contributed by atoms with Crippen molar-refractivity contribution in [3.8, 4) is 0 Å². The second kappa shape index (κ2) is 7.38. The van der Waals surface area contributed by atoms with Gasteiger partial charge in [-0.05, 0) is 36.5 Å². The van der Waals surface area contributed by atoms with Crippen molar-refractivity contribution in [1.29, 1.82) is 0 Å². The first kappa shape index (κ1) is 16.4. The average molecular weight is 328 g/mol. The Balaban J connectivity index is 1.62. The van der Waals surface area contributed by atoms with E-state index < -0.39 is 0 Å². The lowest BCUT2D eigenvalue weighted by Crippen LogP contribution is -2.34. The maximum absolute atomic E-state index is 12.9. The fourth-order valence-corrected chi connectivity index (χ4v) is 2.76. The second-order valence-electron chi connectivity index (χ2n) is 6.24. The van der Waals surface area contributed by atoms with E-state index in [4.69, 9.17) is 0 Å². The van der Waals surface area contributed by atoms with Crippen LogP contribution in [-0.4, -0.2) is 29.0 Å². The zero-order valence-corrected chi connectivity index (χ0v) is 13.7. The van der Waals surface area contributed by atoms with Gasteiger partial charge in [0, 0.05) is 25.7 Å². The molecule has 2 heterocycles. The van der Waals surface area contributed by atoms with Crippen molar-refractivity contribution in [3.63, 3.8) is 0 Å². The summed E-state index contributed by atoms with van der Waals surface area (Å²) in [6, 6.07) is 7.78. The third-order valence-corrected chi connectivity index (χ3v) is 4.36. The Morgan fingerprint density at radius 2 is 1.96 bits per heavy atom. The van der Waals surface area contributed by atoms with Gasteiger partial charge in [0.1, 0.15) is 23.7 Å². The molecule has 1 aromatic carbocycles. The van der Waals surface area contributed by atoms with Crippen molar-refractivity contribution in [2.75, 3.05) is 18.0 Å². The zero-order chi connectivity index (χ0) is 16.9. The molecule has 1 amide bonds. The minimum atomic E-state index is -0.290. The molecule has 1 aliphatic rings. The van der Waals surface area contributed by atoms with E-state index in [9.17, 15) is 9.18 Å². The maximum atomic E-state index is 12.9. The summed E-state index contributed by atoms with van der Waals surface area (Å²) < 4.78 is 12.9. The van der Waals surface area contributed by atoms with Crippen LogP contribution in [0.4, 0.5) is 10.2 Å². The summed E-state index contributed by atoms with van der Waals surface area (Å²) >= 11 is 0. The molecule has 1 fully saturated rings. The molecule has 0 saturated carbocycles. The smallest absolute Gasteiger partial charge is 0.270 e. The second-order valence-corrected chi connectivity index (χ2v) is 6.24. The molecule has 5 nitrogen and oxygen atoms in total. The number of benzene rings is 1. The van der Waals surface area contributed by atoms with E-state index >= 15 is 0 Å². The first-order valence-corrected chi connectivity index (χ1v) is 8.21. The van der Waals surface area contributed by atoms with Crippen molar-refractivity contribution < 1.29 is 9.18 Å². The van der Waals surface area contributed by atoms with Crippen LogP contribution in [0.15, 0.2) is 36.7 Å². The van der Waals surface area contributed by atoms with Crippen molar-refractivity contribution in [2.45, 2.75) is 26.3 Å². The molecule has 1 N–H and O–H groups in total. The Morgan fingerprint density at radius 3 is 2.67 bits per heavy atom. The van der Waals surface area contributed by atoms with Crippen molar-refractivity contribution in [1.82, 2.24) is 15.3 Å². The normalized spacial score (nSPS) is 15.3. The number of carbonyl (C=O) groups excluding carboxylic acids is 1. The molecule has 24 heavy (non-hydrogen) atoms. The Kier molecular flexibility index (Phi) is 5.03. The Morgan fingerprint density at radius 1 is 1.25 bits per heavy atom. The van der Waals surface area contributed by atoms with Gasteiger partial charge in [0.2, 0.25) is 0 Å². The quantitative estimate of drug-likeness (QED) is 0.937. The minimum absolute atomic E-state index is 0.256. The number of carbonyl (C=O) groups is 1. The average Bonchev–Trinajstić information content (AvgIpc) is 2.62. The third-order valence-electron chi connectivity index (χ3n) is 4.36. The Hall–Kier alpha value is -2.50. The fraction of sp³-hybridized carbons (Fsp3) is 0.389. The van der Waals surface area contributed by atoms with Crippen LogP contribution in [0.2, 0.25) is 0 Å². The number of amides is 1. The van der Waals surface area contributed by atoms with E-state index in [1.807, 2.05) is 0 Å². The highest BCUT2D eigenvalue weighted by molar-refractivity contribution is 5.92. The Labute approximate surface area is 140 Å². The highest BCUT2D eigenvalue weighted by Crippen LogP contribution is 2.21. The van der Waals surface area contributed by atoms with Gasteiger partial charge in [0.05, 0.1) is 0 Å². The predicted molar refractivity (Wildman–Crippen MR) is 90.2 cm³/mol. The van der Waals surface area contributed by atoms with E-state index in [0.717, 1.165) is 43.2 Å².